The molecule has 0 bridgehead atoms. The Bertz CT molecular complexity index is 502. The summed E-state index contributed by atoms with van der Waals surface area (Å²) in [6.45, 7) is 6.07. The molecule has 0 spiro atoms. The number of nitrogens with zero attached hydrogens (tertiary/aromatic N) is 2. The van der Waals surface area contributed by atoms with E-state index in [-0.39, 0.29) is 5.41 Å². The Kier molecular flexibility index (Phi) is 4.05. The molecule has 1 saturated heterocycles. The lowest BCUT2D eigenvalue weighted by Crippen LogP contribution is -2.47. The summed E-state index contributed by atoms with van der Waals surface area (Å²) in [5.74, 6) is 0.821. The summed E-state index contributed by atoms with van der Waals surface area (Å²) < 4.78 is 0. The highest BCUT2D eigenvalue weighted by atomic mass is 16.2. The smallest absolute Gasteiger partial charge is 0.228 e. The third kappa shape index (κ3) is 2.85. The molecular formula is C17H27N3O. The maximum absolute atomic E-state index is 13.0. The van der Waals surface area contributed by atoms with Crippen molar-refractivity contribution in [1.29, 1.82) is 0 Å². The van der Waals surface area contributed by atoms with Gasteiger partial charge >= 0.3 is 0 Å². The summed E-state index contributed by atoms with van der Waals surface area (Å²) in [6, 6.07) is 0. The molecule has 0 aromatic carbocycles. The van der Waals surface area contributed by atoms with Crippen molar-refractivity contribution in [2.45, 2.75) is 64.7 Å². The maximum atomic E-state index is 13.0. The Hall–Kier alpha value is -1.32. The number of amides is 1. The lowest BCUT2D eigenvalue weighted by molar-refractivity contribution is -0.144. The molecule has 4 heteroatoms. The van der Waals surface area contributed by atoms with Gasteiger partial charge in [-0.3, -0.25) is 9.89 Å². The highest BCUT2D eigenvalue weighted by molar-refractivity contribution is 5.82. The number of piperidine rings is 1. The molecule has 0 radical (unpaired) electrons. The number of H-pyrrole nitrogens is 1. The number of aromatic amines is 1. The molecular weight excluding hydrogens is 262 g/mol. The fourth-order valence-electron chi connectivity index (χ4n) is 4.09. The van der Waals surface area contributed by atoms with Gasteiger partial charge in [0.1, 0.15) is 0 Å². The van der Waals surface area contributed by atoms with Crippen LogP contribution in [0.5, 0.6) is 0 Å². The van der Waals surface area contributed by atoms with E-state index in [4.69, 9.17) is 0 Å². The first kappa shape index (κ1) is 14.6. The topological polar surface area (TPSA) is 49.0 Å². The molecule has 2 fully saturated rings. The Morgan fingerprint density at radius 3 is 2.76 bits per heavy atom. The molecule has 1 N–H and O–H groups in total. The van der Waals surface area contributed by atoms with Gasteiger partial charge < -0.3 is 4.90 Å². The second-order valence-corrected chi connectivity index (χ2v) is 7.18. The van der Waals surface area contributed by atoms with Gasteiger partial charge in [-0.1, -0.05) is 26.2 Å². The van der Waals surface area contributed by atoms with Crippen LogP contribution in [0.25, 0.3) is 0 Å². The van der Waals surface area contributed by atoms with E-state index in [9.17, 15) is 4.79 Å². The summed E-state index contributed by atoms with van der Waals surface area (Å²) in [5.41, 5.74) is 2.34. The van der Waals surface area contributed by atoms with E-state index in [0.717, 1.165) is 38.8 Å². The molecule has 116 valence electrons. The molecule has 1 amide bonds. The SMILES string of the molecule is Cc1cn[nH]c1[C@H]1CCCN(C(=O)C2(C)CCCCC2)C1. The van der Waals surface area contributed by atoms with Crippen LogP contribution in [0.3, 0.4) is 0 Å². The molecule has 1 atom stereocenters. The van der Waals surface area contributed by atoms with Crippen LogP contribution in [-0.4, -0.2) is 34.1 Å². The van der Waals surface area contributed by atoms with Crippen molar-refractivity contribution in [3.05, 3.63) is 17.5 Å². The van der Waals surface area contributed by atoms with Crippen molar-refractivity contribution in [2.24, 2.45) is 5.41 Å². The van der Waals surface area contributed by atoms with E-state index >= 15 is 0 Å². The van der Waals surface area contributed by atoms with Gasteiger partial charge in [0, 0.05) is 30.1 Å². The maximum Gasteiger partial charge on any atom is 0.228 e. The summed E-state index contributed by atoms with van der Waals surface area (Å²) >= 11 is 0. The van der Waals surface area contributed by atoms with Gasteiger partial charge in [0.25, 0.3) is 0 Å². The predicted molar refractivity (Wildman–Crippen MR) is 83.1 cm³/mol. The summed E-state index contributed by atoms with van der Waals surface area (Å²) in [7, 11) is 0. The Labute approximate surface area is 127 Å². The zero-order valence-electron chi connectivity index (χ0n) is 13.3. The van der Waals surface area contributed by atoms with Crippen molar-refractivity contribution in [3.63, 3.8) is 0 Å². The zero-order chi connectivity index (χ0) is 14.9. The second kappa shape index (κ2) is 5.82. The largest absolute Gasteiger partial charge is 0.342 e. The van der Waals surface area contributed by atoms with Crippen LogP contribution < -0.4 is 0 Å². The normalized spacial score (nSPS) is 25.8. The van der Waals surface area contributed by atoms with Gasteiger partial charge in [0.05, 0.1) is 6.20 Å². The Morgan fingerprint density at radius 2 is 2.10 bits per heavy atom. The lowest BCUT2D eigenvalue weighted by atomic mass is 9.74. The van der Waals surface area contributed by atoms with Crippen molar-refractivity contribution in [2.75, 3.05) is 13.1 Å². The average molecular weight is 289 g/mol. The average Bonchev–Trinajstić information content (AvgIpc) is 2.93. The third-order valence-electron chi connectivity index (χ3n) is 5.46. The molecule has 1 saturated carbocycles. The Balaban J connectivity index is 1.71. The van der Waals surface area contributed by atoms with Gasteiger partial charge in [0.2, 0.25) is 5.91 Å². The van der Waals surface area contributed by atoms with Gasteiger partial charge in [-0.2, -0.15) is 5.10 Å². The second-order valence-electron chi connectivity index (χ2n) is 7.18. The van der Waals surface area contributed by atoms with Gasteiger partial charge in [-0.15, -0.1) is 0 Å². The van der Waals surface area contributed by atoms with Crippen LogP contribution in [0.15, 0.2) is 6.20 Å². The molecule has 1 aliphatic heterocycles. The number of hydrogen-bond donors (Lipinski definition) is 1. The number of hydrogen-bond acceptors (Lipinski definition) is 2. The first-order valence-electron chi connectivity index (χ1n) is 8.39. The lowest BCUT2D eigenvalue weighted by Gasteiger charge is -2.40. The summed E-state index contributed by atoms with van der Waals surface area (Å²) in [6.07, 6.45) is 9.98. The number of carbonyl (C=O) groups excluding carboxylic acids is 1. The minimum Gasteiger partial charge on any atom is -0.342 e. The molecule has 4 nitrogen and oxygen atoms in total. The quantitative estimate of drug-likeness (QED) is 0.907. The Morgan fingerprint density at radius 1 is 1.33 bits per heavy atom. The molecule has 21 heavy (non-hydrogen) atoms. The predicted octanol–water partition coefficient (Wildman–Crippen LogP) is 3.39. The van der Waals surface area contributed by atoms with Crippen molar-refractivity contribution < 1.29 is 4.79 Å². The fourth-order valence-corrected chi connectivity index (χ4v) is 4.09. The molecule has 2 aliphatic rings. The van der Waals surface area contributed by atoms with Gasteiger partial charge in [-0.05, 0) is 38.2 Å². The molecule has 2 heterocycles. The summed E-state index contributed by atoms with van der Waals surface area (Å²) in [4.78, 5) is 15.1. The minimum absolute atomic E-state index is 0.108. The highest BCUT2D eigenvalue weighted by Gasteiger charge is 2.39. The van der Waals surface area contributed by atoms with Crippen LogP contribution in [-0.2, 0) is 4.79 Å². The van der Waals surface area contributed by atoms with E-state index in [1.165, 1.54) is 30.5 Å². The molecule has 1 aliphatic carbocycles. The van der Waals surface area contributed by atoms with Gasteiger partial charge in [0.15, 0.2) is 0 Å². The molecule has 3 rings (SSSR count). The number of aryl methyl sites for hydroxylation is 1. The van der Waals surface area contributed by atoms with E-state index in [1.54, 1.807) is 0 Å². The minimum atomic E-state index is -0.108. The van der Waals surface area contributed by atoms with E-state index in [1.807, 2.05) is 6.20 Å². The summed E-state index contributed by atoms with van der Waals surface area (Å²) in [5, 5.41) is 7.28. The number of nitrogens with one attached hydrogen (secondary N) is 1. The van der Waals surface area contributed by atoms with Crippen LogP contribution >= 0.6 is 0 Å². The highest BCUT2D eigenvalue weighted by Crippen LogP contribution is 2.39. The number of carbonyl (C=O) groups is 1. The van der Waals surface area contributed by atoms with E-state index in [2.05, 4.69) is 28.9 Å². The zero-order valence-corrected chi connectivity index (χ0v) is 13.3. The number of aromatic nitrogens is 2. The van der Waals surface area contributed by atoms with Crippen LogP contribution in [0.1, 0.15) is 69.0 Å². The van der Waals surface area contributed by atoms with Crippen LogP contribution in [0.4, 0.5) is 0 Å². The first-order valence-corrected chi connectivity index (χ1v) is 8.39. The molecule has 1 aromatic rings. The fraction of sp³-hybridized carbons (Fsp3) is 0.765. The van der Waals surface area contributed by atoms with Crippen LogP contribution in [0, 0.1) is 12.3 Å². The number of rotatable bonds is 2. The van der Waals surface area contributed by atoms with Crippen molar-refractivity contribution in [3.8, 4) is 0 Å². The van der Waals surface area contributed by atoms with E-state index < -0.39 is 0 Å². The first-order chi connectivity index (χ1) is 10.1. The molecule has 1 aromatic heterocycles. The third-order valence-corrected chi connectivity index (χ3v) is 5.46. The van der Waals surface area contributed by atoms with Crippen molar-refractivity contribution >= 4 is 5.91 Å². The monoisotopic (exact) mass is 289 g/mol. The number of likely N-dealkylation sites (tertiary alicyclic amines) is 1. The molecule has 0 unspecified atom stereocenters. The van der Waals surface area contributed by atoms with E-state index in [0.29, 0.717) is 11.8 Å². The van der Waals surface area contributed by atoms with Crippen LogP contribution in [0.2, 0.25) is 0 Å². The standard InChI is InChI=1S/C17H27N3O/c1-13-11-18-19-15(13)14-7-6-10-20(12-14)16(21)17(2)8-4-3-5-9-17/h11,14H,3-10,12H2,1-2H3,(H,18,19)/t14-/m0/s1. The van der Waals surface area contributed by atoms with Crippen molar-refractivity contribution in [1.82, 2.24) is 15.1 Å². The van der Waals surface area contributed by atoms with Gasteiger partial charge in [-0.25, -0.2) is 0 Å².